The van der Waals surface area contributed by atoms with Crippen LogP contribution in [0.1, 0.15) is 44.2 Å². The van der Waals surface area contributed by atoms with E-state index in [1.807, 2.05) is 6.20 Å². The van der Waals surface area contributed by atoms with Gasteiger partial charge in [-0.25, -0.2) is 4.98 Å². The summed E-state index contributed by atoms with van der Waals surface area (Å²) in [6, 6.07) is 5.00. The number of likely N-dealkylation sites (tertiary alicyclic amines) is 1. The average Bonchev–Trinajstić information content (AvgIpc) is 2.57. The predicted octanol–water partition coefficient (Wildman–Crippen LogP) is 2.77. The molecule has 1 aromatic rings. The molecular formula is C18H30N4. The first-order valence-corrected chi connectivity index (χ1v) is 8.92. The second-order valence-corrected chi connectivity index (χ2v) is 6.75. The molecule has 0 saturated carbocycles. The molecule has 2 fully saturated rings. The molecule has 1 atom stereocenters. The Hall–Kier alpha value is -1.13. The third-order valence-corrected chi connectivity index (χ3v) is 5.10. The van der Waals surface area contributed by atoms with Gasteiger partial charge in [-0.2, -0.15) is 0 Å². The summed E-state index contributed by atoms with van der Waals surface area (Å²) >= 11 is 0. The summed E-state index contributed by atoms with van der Waals surface area (Å²) < 4.78 is 0. The lowest BCUT2D eigenvalue weighted by Crippen LogP contribution is -2.45. The first-order chi connectivity index (χ1) is 10.8. The van der Waals surface area contributed by atoms with Crippen LogP contribution in [0.25, 0.3) is 0 Å². The molecule has 0 amide bonds. The van der Waals surface area contributed by atoms with Crippen molar-refractivity contribution in [3.8, 4) is 0 Å². The average molecular weight is 302 g/mol. The van der Waals surface area contributed by atoms with E-state index in [1.54, 1.807) is 0 Å². The molecule has 4 heteroatoms. The zero-order chi connectivity index (χ0) is 15.4. The fourth-order valence-electron chi connectivity index (χ4n) is 3.85. The highest BCUT2D eigenvalue weighted by molar-refractivity contribution is 5.49. The number of hydrogen-bond acceptors (Lipinski definition) is 4. The van der Waals surface area contributed by atoms with Crippen molar-refractivity contribution in [3.05, 3.63) is 23.9 Å². The third kappa shape index (κ3) is 3.44. The van der Waals surface area contributed by atoms with E-state index in [4.69, 9.17) is 4.98 Å². The van der Waals surface area contributed by atoms with Crippen LogP contribution in [-0.2, 0) is 0 Å². The number of anilines is 1. The van der Waals surface area contributed by atoms with Crippen molar-refractivity contribution in [2.45, 2.75) is 38.6 Å². The van der Waals surface area contributed by atoms with Gasteiger partial charge in [0, 0.05) is 44.0 Å². The lowest BCUT2D eigenvalue weighted by Gasteiger charge is -2.39. The summed E-state index contributed by atoms with van der Waals surface area (Å²) in [5, 5.41) is 0. The summed E-state index contributed by atoms with van der Waals surface area (Å²) in [5.41, 5.74) is 1.46. The SMILES string of the molecule is CCCN1CCCCC1c1cccnc1N1CCN(C)CC1. The van der Waals surface area contributed by atoms with E-state index >= 15 is 0 Å². The van der Waals surface area contributed by atoms with Crippen LogP contribution in [0.5, 0.6) is 0 Å². The second-order valence-electron chi connectivity index (χ2n) is 6.75. The highest BCUT2D eigenvalue weighted by Crippen LogP contribution is 2.35. The summed E-state index contributed by atoms with van der Waals surface area (Å²) in [4.78, 5) is 12.4. The zero-order valence-electron chi connectivity index (χ0n) is 14.2. The molecule has 4 nitrogen and oxygen atoms in total. The number of hydrogen-bond donors (Lipinski definition) is 0. The van der Waals surface area contributed by atoms with Gasteiger partial charge in [-0.05, 0) is 45.5 Å². The van der Waals surface area contributed by atoms with E-state index in [-0.39, 0.29) is 0 Å². The Balaban J connectivity index is 1.83. The van der Waals surface area contributed by atoms with Crippen molar-refractivity contribution in [2.75, 3.05) is 51.2 Å². The van der Waals surface area contributed by atoms with Gasteiger partial charge in [0.2, 0.25) is 0 Å². The Morgan fingerprint density at radius 1 is 1.14 bits per heavy atom. The van der Waals surface area contributed by atoms with Crippen LogP contribution in [0.3, 0.4) is 0 Å². The summed E-state index contributed by atoms with van der Waals surface area (Å²) in [6.45, 7) is 9.22. The number of pyridine rings is 1. The van der Waals surface area contributed by atoms with Crippen molar-refractivity contribution in [1.29, 1.82) is 0 Å². The van der Waals surface area contributed by atoms with E-state index in [1.165, 1.54) is 50.2 Å². The van der Waals surface area contributed by atoms with Crippen molar-refractivity contribution in [2.24, 2.45) is 0 Å². The molecule has 2 aliphatic heterocycles. The third-order valence-electron chi connectivity index (χ3n) is 5.10. The van der Waals surface area contributed by atoms with E-state index in [2.05, 4.69) is 40.8 Å². The van der Waals surface area contributed by atoms with E-state index in [9.17, 15) is 0 Å². The normalized spacial score (nSPS) is 24.6. The minimum absolute atomic E-state index is 0.567. The monoisotopic (exact) mass is 302 g/mol. The summed E-state index contributed by atoms with van der Waals surface area (Å²) in [6.07, 6.45) is 7.18. The molecule has 0 N–H and O–H groups in total. The van der Waals surface area contributed by atoms with Gasteiger partial charge in [0.05, 0.1) is 0 Å². The Morgan fingerprint density at radius 2 is 1.95 bits per heavy atom. The standard InChI is InChI=1S/C18H30N4/c1-3-10-21-11-5-4-8-17(21)16-7-6-9-19-18(16)22-14-12-20(2)13-15-22/h6-7,9,17H,3-5,8,10-15H2,1-2H3. The topological polar surface area (TPSA) is 22.6 Å². The molecule has 1 aromatic heterocycles. The van der Waals surface area contributed by atoms with Gasteiger partial charge in [0.25, 0.3) is 0 Å². The predicted molar refractivity (Wildman–Crippen MR) is 92.4 cm³/mol. The first-order valence-electron chi connectivity index (χ1n) is 8.92. The summed E-state index contributed by atoms with van der Waals surface area (Å²) in [7, 11) is 2.21. The van der Waals surface area contributed by atoms with E-state index in [0.717, 1.165) is 26.2 Å². The molecule has 0 aliphatic carbocycles. The molecule has 0 bridgehead atoms. The molecule has 22 heavy (non-hydrogen) atoms. The van der Waals surface area contributed by atoms with Gasteiger partial charge < -0.3 is 9.80 Å². The van der Waals surface area contributed by atoms with Crippen molar-refractivity contribution in [1.82, 2.24) is 14.8 Å². The minimum atomic E-state index is 0.567. The Bertz CT molecular complexity index is 466. The lowest BCUT2D eigenvalue weighted by molar-refractivity contribution is 0.149. The molecule has 0 aromatic carbocycles. The first kappa shape index (κ1) is 15.8. The molecule has 122 valence electrons. The maximum absolute atomic E-state index is 4.78. The molecule has 3 heterocycles. The van der Waals surface area contributed by atoms with Crippen LogP contribution in [0.15, 0.2) is 18.3 Å². The van der Waals surface area contributed by atoms with Crippen LogP contribution in [-0.4, -0.2) is 61.1 Å². The van der Waals surface area contributed by atoms with Crippen molar-refractivity contribution in [3.63, 3.8) is 0 Å². The fraction of sp³-hybridized carbons (Fsp3) is 0.722. The van der Waals surface area contributed by atoms with Gasteiger partial charge in [-0.1, -0.05) is 19.4 Å². The van der Waals surface area contributed by atoms with E-state index in [0.29, 0.717) is 6.04 Å². The number of piperazine rings is 1. The van der Waals surface area contributed by atoms with E-state index < -0.39 is 0 Å². The van der Waals surface area contributed by atoms with Crippen molar-refractivity contribution < 1.29 is 0 Å². The number of nitrogens with zero attached hydrogens (tertiary/aromatic N) is 4. The maximum Gasteiger partial charge on any atom is 0.133 e. The molecule has 2 aliphatic rings. The van der Waals surface area contributed by atoms with Crippen LogP contribution in [0.2, 0.25) is 0 Å². The molecule has 0 spiro atoms. The van der Waals surface area contributed by atoms with Gasteiger partial charge in [-0.3, -0.25) is 4.90 Å². The molecule has 0 radical (unpaired) electrons. The Labute approximate surface area is 135 Å². The molecule has 1 unspecified atom stereocenters. The highest BCUT2D eigenvalue weighted by atomic mass is 15.3. The largest absolute Gasteiger partial charge is 0.354 e. The molecule has 2 saturated heterocycles. The van der Waals surface area contributed by atoms with Crippen LogP contribution in [0, 0.1) is 0 Å². The number of likely N-dealkylation sites (N-methyl/N-ethyl adjacent to an activating group) is 1. The Morgan fingerprint density at radius 3 is 2.73 bits per heavy atom. The van der Waals surface area contributed by atoms with Crippen LogP contribution < -0.4 is 4.90 Å². The molecule has 3 rings (SSSR count). The quantitative estimate of drug-likeness (QED) is 0.853. The lowest BCUT2D eigenvalue weighted by atomic mass is 9.95. The fourth-order valence-corrected chi connectivity index (χ4v) is 3.85. The zero-order valence-corrected chi connectivity index (χ0v) is 14.2. The summed E-state index contributed by atoms with van der Waals surface area (Å²) in [5.74, 6) is 1.24. The van der Waals surface area contributed by atoms with Gasteiger partial charge >= 0.3 is 0 Å². The highest BCUT2D eigenvalue weighted by Gasteiger charge is 2.28. The van der Waals surface area contributed by atoms with Crippen molar-refractivity contribution >= 4 is 5.82 Å². The Kier molecular flexibility index (Phi) is 5.32. The van der Waals surface area contributed by atoms with Crippen LogP contribution in [0.4, 0.5) is 5.82 Å². The maximum atomic E-state index is 4.78. The molecular weight excluding hydrogens is 272 g/mol. The van der Waals surface area contributed by atoms with Gasteiger partial charge in [0.15, 0.2) is 0 Å². The smallest absolute Gasteiger partial charge is 0.133 e. The number of piperidine rings is 1. The number of rotatable bonds is 4. The van der Waals surface area contributed by atoms with Crippen LogP contribution >= 0.6 is 0 Å². The van der Waals surface area contributed by atoms with Gasteiger partial charge in [-0.15, -0.1) is 0 Å². The minimum Gasteiger partial charge on any atom is -0.354 e. The van der Waals surface area contributed by atoms with Gasteiger partial charge in [0.1, 0.15) is 5.82 Å². The second kappa shape index (κ2) is 7.42. The number of aromatic nitrogens is 1.